The van der Waals surface area contributed by atoms with E-state index in [0.717, 1.165) is 6.42 Å². The van der Waals surface area contributed by atoms with E-state index in [2.05, 4.69) is 20.4 Å². The molecule has 11 heavy (non-hydrogen) atoms. The van der Waals surface area contributed by atoms with E-state index in [1.807, 2.05) is 6.08 Å². The number of hydrogen-bond donors (Lipinski definition) is 0. The van der Waals surface area contributed by atoms with E-state index >= 15 is 0 Å². The summed E-state index contributed by atoms with van der Waals surface area (Å²) >= 11 is 0. The highest BCUT2D eigenvalue weighted by Crippen LogP contribution is 2.37. The maximum atomic E-state index is 5.74. The molecule has 64 valence electrons. The molecule has 0 bridgehead atoms. The molecule has 0 aromatic carbocycles. The van der Waals surface area contributed by atoms with E-state index in [1.165, 1.54) is 19.3 Å². The largest absolute Gasteiger partial charge is 0.372 e. The van der Waals surface area contributed by atoms with Crippen molar-refractivity contribution >= 4 is 0 Å². The lowest BCUT2D eigenvalue weighted by atomic mass is 9.86. The number of ether oxygens (including phenoxy) is 1. The van der Waals surface area contributed by atoms with Crippen LogP contribution in [-0.4, -0.2) is 11.7 Å². The molecule has 0 aromatic rings. The van der Waals surface area contributed by atoms with Gasteiger partial charge in [-0.3, -0.25) is 0 Å². The summed E-state index contributed by atoms with van der Waals surface area (Å²) in [7, 11) is 0. The lowest BCUT2D eigenvalue weighted by Gasteiger charge is -2.45. The van der Waals surface area contributed by atoms with Crippen LogP contribution in [0.4, 0.5) is 0 Å². The van der Waals surface area contributed by atoms with Crippen molar-refractivity contribution < 1.29 is 4.74 Å². The van der Waals surface area contributed by atoms with Crippen LogP contribution in [0.25, 0.3) is 0 Å². The smallest absolute Gasteiger partial charge is 0.0717 e. The predicted molar refractivity (Wildman–Crippen MR) is 47.6 cm³/mol. The summed E-state index contributed by atoms with van der Waals surface area (Å²) in [5.74, 6) is 0. The van der Waals surface area contributed by atoms with Crippen molar-refractivity contribution in [1.29, 1.82) is 0 Å². The first-order valence-electron chi connectivity index (χ1n) is 4.49. The van der Waals surface area contributed by atoms with Crippen molar-refractivity contribution in [2.75, 3.05) is 0 Å². The van der Waals surface area contributed by atoms with Crippen LogP contribution in [0, 0.1) is 0 Å². The van der Waals surface area contributed by atoms with E-state index in [0.29, 0.717) is 6.10 Å². The van der Waals surface area contributed by atoms with Gasteiger partial charge >= 0.3 is 0 Å². The zero-order chi connectivity index (χ0) is 8.32. The molecule has 1 rings (SSSR count). The first kappa shape index (κ1) is 8.79. The second kappa shape index (κ2) is 3.40. The van der Waals surface area contributed by atoms with Gasteiger partial charge in [0, 0.05) is 6.42 Å². The van der Waals surface area contributed by atoms with Gasteiger partial charge in [-0.05, 0) is 19.8 Å². The Hall–Kier alpha value is -0.300. The Morgan fingerprint density at radius 2 is 2.36 bits per heavy atom. The van der Waals surface area contributed by atoms with E-state index in [4.69, 9.17) is 4.74 Å². The first-order valence-corrected chi connectivity index (χ1v) is 4.49. The van der Waals surface area contributed by atoms with Crippen LogP contribution in [0.1, 0.15) is 39.5 Å². The van der Waals surface area contributed by atoms with Crippen molar-refractivity contribution in [3.8, 4) is 0 Å². The third kappa shape index (κ3) is 2.06. The van der Waals surface area contributed by atoms with Gasteiger partial charge in [0.15, 0.2) is 0 Å². The van der Waals surface area contributed by atoms with Crippen molar-refractivity contribution in [2.45, 2.75) is 51.2 Å². The van der Waals surface area contributed by atoms with Crippen LogP contribution in [0.2, 0.25) is 0 Å². The monoisotopic (exact) mass is 154 g/mol. The molecule has 0 aliphatic carbocycles. The van der Waals surface area contributed by atoms with Crippen molar-refractivity contribution in [3.63, 3.8) is 0 Å². The molecule has 0 N–H and O–H groups in total. The lowest BCUT2D eigenvalue weighted by molar-refractivity contribution is -0.195. The molecule has 0 aromatic heterocycles. The number of hydrogen-bond acceptors (Lipinski definition) is 1. The minimum atomic E-state index is 0.127. The molecule has 1 aliphatic rings. The van der Waals surface area contributed by atoms with Gasteiger partial charge in [-0.25, -0.2) is 0 Å². The average molecular weight is 154 g/mol. The van der Waals surface area contributed by atoms with Crippen LogP contribution in [0.5, 0.6) is 0 Å². The van der Waals surface area contributed by atoms with Crippen LogP contribution < -0.4 is 0 Å². The molecule has 1 nitrogen and oxygen atoms in total. The third-order valence-electron chi connectivity index (χ3n) is 2.30. The molecule has 1 fully saturated rings. The molecular formula is C10H18O. The van der Waals surface area contributed by atoms with E-state index in [9.17, 15) is 0 Å². The van der Waals surface area contributed by atoms with Crippen molar-refractivity contribution in [1.82, 2.24) is 0 Å². The van der Waals surface area contributed by atoms with Gasteiger partial charge in [-0.2, -0.15) is 0 Å². The fourth-order valence-corrected chi connectivity index (χ4v) is 1.79. The maximum Gasteiger partial charge on any atom is 0.0717 e. The fraction of sp³-hybridized carbons (Fsp3) is 0.800. The van der Waals surface area contributed by atoms with Crippen LogP contribution in [0.3, 0.4) is 0 Å². The molecule has 2 atom stereocenters. The van der Waals surface area contributed by atoms with Crippen molar-refractivity contribution in [3.05, 3.63) is 12.7 Å². The number of rotatable bonds is 4. The molecule has 0 amide bonds. The van der Waals surface area contributed by atoms with Crippen LogP contribution >= 0.6 is 0 Å². The highest BCUT2D eigenvalue weighted by molar-refractivity contribution is 4.94. The van der Waals surface area contributed by atoms with Gasteiger partial charge in [0.05, 0.1) is 11.7 Å². The topological polar surface area (TPSA) is 9.23 Å². The lowest BCUT2D eigenvalue weighted by Crippen LogP contribution is -2.47. The molecule has 0 spiro atoms. The Balaban J connectivity index is 2.20. The molecule has 0 radical (unpaired) electrons. The Bertz CT molecular complexity index is 134. The Morgan fingerprint density at radius 3 is 2.82 bits per heavy atom. The fourth-order valence-electron chi connectivity index (χ4n) is 1.79. The van der Waals surface area contributed by atoms with Gasteiger partial charge in [-0.15, -0.1) is 6.58 Å². The second-order valence-corrected chi connectivity index (χ2v) is 3.68. The summed E-state index contributed by atoms with van der Waals surface area (Å²) in [5, 5.41) is 0. The highest BCUT2D eigenvalue weighted by Gasteiger charge is 2.39. The molecule has 1 heteroatoms. The normalized spacial score (nSPS) is 36.4. The first-order chi connectivity index (χ1) is 5.20. The summed E-state index contributed by atoms with van der Waals surface area (Å²) in [6, 6.07) is 0. The van der Waals surface area contributed by atoms with Gasteiger partial charge in [0.25, 0.3) is 0 Å². The molecule has 1 aliphatic heterocycles. The summed E-state index contributed by atoms with van der Waals surface area (Å²) in [6.45, 7) is 8.09. The highest BCUT2D eigenvalue weighted by atomic mass is 16.5. The van der Waals surface area contributed by atoms with Gasteiger partial charge in [-0.1, -0.05) is 19.4 Å². The second-order valence-electron chi connectivity index (χ2n) is 3.68. The average Bonchev–Trinajstić information content (AvgIpc) is 1.85. The molecule has 0 saturated carbocycles. The molecule has 1 saturated heterocycles. The zero-order valence-electron chi connectivity index (χ0n) is 7.60. The van der Waals surface area contributed by atoms with Crippen LogP contribution in [-0.2, 0) is 4.74 Å². The standard InChI is InChI=1S/C10H18O/c1-4-6-9-8-10(3,11-9)7-5-2/h5,9H,2,4,6-8H2,1,3H3. The van der Waals surface area contributed by atoms with E-state index < -0.39 is 0 Å². The summed E-state index contributed by atoms with van der Waals surface area (Å²) in [5.41, 5.74) is 0.127. The quantitative estimate of drug-likeness (QED) is 0.566. The maximum absolute atomic E-state index is 5.74. The molecule has 2 unspecified atom stereocenters. The van der Waals surface area contributed by atoms with E-state index in [1.54, 1.807) is 0 Å². The Labute approximate surface area is 69.4 Å². The van der Waals surface area contributed by atoms with Gasteiger partial charge < -0.3 is 4.74 Å². The Kier molecular flexibility index (Phi) is 2.72. The predicted octanol–water partition coefficient (Wildman–Crippen LogP) is 2.91. The van der Waals surface area contributed by atoms with Crippen molar-refractivity contribution in [2.24, 2.45) is 0 Å². The van der Waals surface area contributed by atoms with Crippen LogP contribution in [0.15, 0.2) is 12.7 Å². The zero-order valence-corrected chi connectivity index (χ0v) is 7.60. The third-order valence-corrected chi connectivity index (χ3v) is 2.30. The molecule has 1 heterocycles. The summed E-state index contributed by atoms with van der Waals surface area (Å²) in [4.78, 5) is 0. The summed E-state index contributed by atoms with van der Waals surface area (Å²) in [6.07, 6.45) is 7.13. The van der Waals surface area contributed by atoms with Gasteiger partial charge in [0.1, 0.15) is 0 Å². The van der Waals surface area contributed by atoms with Gasteiger partial charge in [0.2, 0.25) is 0 Å². The SMILES string of the molecule is C=CCC1(C)CC(CCC)O1. The minimum Gasteiger partial charge on any atom is -0.372 e. The Morgan fingerprint density at radius 1 is 1.73 bits per heavy atom. The minimum absolute atomic E-state index is 0.127. The van der Waals surface area contributed by atoms with E-state index in [-0.39, 0.29) is 5.60 Å². The molecular weight excluding hydrogens is 136 g/mol. The summed E-state index contributed by atoms with van der Waals surface area (Å²) < 4.78 is 5.74.